The molecule has 2 aliphatic rings. The molecule has 2 aromatic rings. The number of alkyl halides is 3. The molecule has 1 N–H and O–H groups in total. The third-order valence-electron chi connectivity index (χ3n) is 4.76. The van der Waals surface area contributed by atoms with Crippen LogP contribution in [0.15, 0.2) is 12.3 Å². The second-order valence-corrected chi connectivity index (χ2v) is 6.86. The zero-order valence-electron chi connectivity index (χ0n) is 12.7. The molecule has 1 saturated heterocycles. The second kappa shape index (κ2) is 5.34. The number of nitrogens with zero attached hydrogens (tertiary/aromatic N) is 2. The van der Waals surface area contributed by atoms with E-state index in [9.17, 15) is 18.3 Å². The number of fused-ring (bicyclic) bond motifs is 1. The Kier molecular flexibility index (Phi) is 3.60. The Morgan fingerprint density at radius 1 is 1.33 bits per heavy atom. The van der Waals surface area contributed by atoms with Crippen LogP contribution in [0.5, 0.6) is 0 Å². The van der Waals surface area contributed by atoms with Gasteiger partial charge in [0.1, 0.15) is 0 Å². The number of ether oxygens (including phenoxy) is 1. The minimum absolute atomic E-state index is 0.0677. The first kappa shape index (κ1) is 16.2. The first-order chi connectivity index (χ1) is 11.3. The molecule has 4 nitrogen and oxygen atoms in total. The van der Waals surface area contributed by atoms with Crippen LogP contribution in [0.4, 0.5) is 13.2 Å². The number of benzene rings is 1. The van der Waals surface area contributed by atoms with Gasteiger partial charge in [-0.05, 0) is 38.2 Å². The molecule has 8 heteroatoms. The number of aromatic nitrogens is 2. The Bertz CT molecular complexity index is 793. The predicted molar refractivity (Wildman–Crippen MR) is 81.7 cm³/mol. The van der Waals surface area contributed by atoms with E-state index in [1.54, 1.807) is 0 Å². The minimum Gasteiger partial charge on any atom is -0.385 e. The van der Waals surface area contributed by atoms with Crippen LogP contribution in [0.1, 0.15) is 49.5 Å². The SMILES string of the molecule is OC1(c2c(C(F)(F)F)cc3c(cnn3C3CCCCO3)c2Cl)CC1. The summed E-state index contributed by atoms with van der Waals surface area (Å²) in [5.41, 5.74) is -2.32. The van der Waals surface area contributed by atoms with Crippen molar-refractivity contribution in [2.45, 2.75) is 50.1 Å². The van der Waals surface area contributed by atoms with E-state index in [4.69, 9.17) is 16.3 Å². The molecular weight excluding hydrogens is 345 g/mol. The maximum absolute atomic E-state index is 13.6. The van der Waals surface area contributed by atoms with Gasteiger partial charge in [0.15, 0.2) is 6.23 Å². The van der Waals surface area contributed by atoms with Crippen molar-refractivity contribution in [2.75, 3.05) is 6.61 Å². The average molecular weight is 361 g/mol. The zero-order valence-corrected chi connectivity index (χ0v) is 13.5. The molecular formula is C16H16ClF3N2O2. The highest BCUT2D eigenvalue weighted by Crippen LogP contribution is 2.53. The molecule has 0 bridgehead atoms. The first-order valence-electron chi connectivity index (χ1n) is 7.93. The van der Waals surface area contributed by atoms with Crippen LogP contribution in [0, 0.1) is 0 Å². The molecule has 1 aliphatic carbocycles. The van der Waals surface area contributed by atoms with Gasteiger partial charge in [-0.3, -0.25) is 0 Å². The first-order valence-corrected chi connectivity index (χ1v) is 8.30. The van der Waals surface area contributed by atoms with E-state index in [1.165, 1.54) is 10.9 Å². The highest BCUT2D eigenvalue weighted by atomic mass is 35.5. The minimum atomic E-state index is -4.60. The highest BCUT2D eigenvalue weighted by molar-refractivity contribution is 6.36. The van der Waals surface area contributed by atoms with Crippen LogP contribution in [0.2, 0.25) is 5.02 Å². The van der Waals surface area contributed by atoms with E-state index in [0.717, 1.165) is 18.9 Å². The van der Waals surface area contributed by atoms with Gasteiger partial charge in [0.25, 0.3) is 0 Å². The lowest BCUT2D eigenvalue weighted by Gasteiger charge is -2.24. The summed E-state index contributed by atoms with van der Waals surface area (Å²) in [5, 5.41) is 14.9. The van der Waals surface area contributed by atoms with E-state index in [1.807, 2.05) is 0 Å². The molecule has 1 atom stereocenters. The fourth-order valence-corrected chi connectivity index (χ4v) is 3.76. The average Bonchev–Trinajstić information content (AvgIpc) is 3.12. The third kappa shape index (κ3) is 2.50. The van der Waals surface area contributed by atoms with Crippen LogP contribution < -0.4 is 0 Å². The molecule has 130 valence electrons. The van der Waals surface area contributed by atoms with Crippen molar-refractivity contribution in [3.8, 4) is 0 Å². The topological polar surface area (TPSA) is 47.3 Å². The summed E-state index contributed by atoms with van der Waals surface area (Å²) in [5.74, 6) is 0. The van der Waals surface area contributed by atoms with E-state index >= 15 is 0 Å². The number of aliphatic hydroxyl groups is 1. The van der Waals surface area contributed by atoms with Crippen molar-refractivity contribution < 1.29 is 23.0 Å². The van der Waals surface area contributed by atoms with E-state index in [0.29, 0.717) is 18.4 Å². The summed E-state index contributed by atoms with van der Waals surface area (Å²) in [7, 11) is 0. The summed E-state index contributed by atoms with van der Waals surface area (Å²) in [6.45, 7) is 0.559. The van der Waals surface area contributed by atoms with Crippen molar-refractivity contribution >= 4 is 22.5 Å². The fourth-order valence-electron chi connectivity index (χ4n) is 3.34. The van der Waals surface area contributed by atoms with Gasteiger partial charge < -0.3 is 9.84 Å². The lowest BCUT2D eigenvalue weighted by atomic mass is 9.97. The third-order valence-corrected chi connectivity index (χ3v) is 5.16. The summed E-state index contributed by atoms with van der Waals surface area (Å²) in [6.07, 6.45) is -0.420. The number of hydrogen-bond acceptors (Lipinski definition) is 3. The standard InChI is InChI=1S/C16H16ClF3N2O2/c17-14-9-8-21-22(12-3-1-2-6-24-12)11(9)7-10(16(18,19)20)13(14)15(23)4-5-15/h7-8,12,23H,1-6H2. The molecule has 1 saturated carbocycles. The fraction of sp³-hybridized carbons (Fsp3) is 0.562. The Morgan fingerprint density at radius 2 is 2.08 bits per heavy atom. The normalized spacial score (nSPS) is 23.6. The van der Waals surface area contributed by atoms with E-state index < -0.39 is 17.3 Å². The van der Waals surface area contributed by atoms with Gasteiger partial charge in [-0.2, -0.15) is 18.3 Å². The summed E-state index contributed by atoms with van der Waals surface area (Å²) in [4.78, 5) is 0. The summed E-state index contributed by atoms with van der Waals surface area (Å²) >= 11 is 6.28. The second-order valence-electron chi connectivity index (χ2n) is 6.49. The van der Waals surface area contributed by atoms with Crippen LogP contribution in [-0.2, 0) is 16.5 Å². The van der Waals surface area contributed by atoms with Gasteiger partial charge >= 0.3 is 6.18 Å². The maximum Gasteiger partial charge on any atom is 0.416 e. The number of hydrogen-bond donors (Lipinski definition) is 1. The molecule has 0 amide bonds. The quantitative estimate of drug-likeness (QED) is 0.864. The van der Waals surface area contributed by atoms with Crippen LogP contribution in [0.25, 0.3) is 10.9 Å². The Labute approximate surface area is 141 Å². The van der Waals surface area contributed by atoms with Crippen molar-refractivity contribution in [1.29, 1.82) is 0 Å². The highest BCUT2D eigenvalue weighted by Gasteiger charge is 2.50. The van der Waals surface area contributed by atoms with Crippen LogP contribution in [-0.4, -0.2) is 21.5 Å². The maximum atomic E-state index is 13.6. The zero-order chi connectivity index (χ0) is 17.1. The van der Waals surface area contributed by atoms with Crippen molar-refractivity contribution in [1.82, 2.24) is 9.78 Å². The predicted octanol–water partition coefficient (Wildman–Crippen LogP) is 4.39. The Balaban J connectivity index is 1.93. The molecule has 1 unspecified atom stereocenters. The largest absolute Gasteiger partial charge is 0.416 e. The molecule has 24 heavy (non-hydrogen) atoms. The van der Waals surface area contributed by atoms with Gasteiger partial charge in [-0.25, -0.2) is 4.68 Å². The lowest BCUT2D eigenvalue weighted by molar-refractivity contribution is -0.139. The summed E-state index contributed by atoms with van der Waals surface area (Å²) < 4.78 is 47.8. The smallest absolute Gasteiger partial charge is 0.385 e. The van der Waals surface area contributed by atoms with Gasteiger partial charge in [-0.15, -0.1) is 0 Å². The molecule has 0 spiro atoms. The van der Waals surface area contributed by atoms with Gasteiger partial charge in [0.05, 0.1) is 27.9 Å². The van der Waals surface area contributed by atoms with Crippen LogP contribution >= 0.6 is 11.6 Å². The molecule has 1 aromatic carbocycles. The Hall–Kier alpha value is -1.31. The van der Waals surface area contributed by atoms with Gasteiger partial charge in [0.2, 0.25) is 0 Å². The Morgan fingerprint density at radius 3 is 2.67 bits per heavy atom. The number of halogens is 4. The molecule has 2 fully saturated rings. The van der Waals surface area contributed by atoms with Crippen molar-refractivity contribution in [3.05, 3.63) is 28.4 Å². The molecule has 2 heterocycles. The molecule has 1 aromatic heterocycles. The van der Waals surface area contributed by atoms with E-state index in [-0.39, 0.29) is 35.2 Å². The molecule has 1 aliphatic heterocycles. The number of rotatable bonds is 2. The molecule has 4 rings (SSSR count). The van der Waals surface area contributed by atoms with Gasteiger partial charge in [0, 0.05) is 17.6 Å². The van der Waals surface area contributed by atoms with Crippen molar-refractivity contribution in [3.63, 3.8) is 0 Å². The van der Waals surface area contributed by atoms with Crippen LogP contribution in [0.3, 0.4) is 0 Å². The van der Waals surface area contributed by atoms with E-state index in [2.05, 4.69) is 5.10 Å². The van der Waals surface area contributed by atoms with Crippen molar-refractivity contribution in [2.24, 2.45) is 0 Å². The molecule has 0 radical (unpaired) electrons. The lowest BCUT2D eigenvalue weighted by Crippen LogP contribution is -2.20. The van der Waals surface area contributed by atoms with Gasteiger partial charge in [-0.1, -0.05) is 11.6 Å². The monoisotopic (exact) mass is 360 g/mol. The summed E-state index contributed by atoms with van der Waals surface area (Å²) in [6, 6.07) is 1.04.